The molecule has 240 valence electrons. The molecular formula is C46H31N5. The van der Waals surface area contributed by atoms with Crippen molar-refractivity contribution in [2.24, 2.45) is 0 Å². The molecule has 0 atom stereocenters. The van der Waals surface area contributed by atoms with Gasteiger partial charge in [-0.3, -0.25) is 9.13 Å². The first-order valence-electron chi connectivity index (χ1n) is 17.4. The maximum Gasteiger partial charge on any atom is 0.240 e. The summed E-state index contributed by atoms with van der Waals surface area (Å²) < 4.78 is 4.46. The van der Waals surface area contributed by atoms with Crippen LogP contribution in [0.1, 0.15) is 29.7 Å². The molecule has 0 bridgehead atoms. The Hall–Kier alpha value is -6.77. The van der Waals surface area contributed by atoms with E-state index in [1.807, 2.05) is 12.2 Å². The topological polar surface area (TPSA) is 48.5 Å². The lowest BCUT2D eigenvalue weighted by molar-refractivity contribution is 0.822. The quantitative estimate of drug-likeness (QED) is 0.174. The third kappa shape index (κ3) is 4.76. The fourth-order valence-corrected chi connectivity index (χ4v) is 7.79. The van der Waals surface area contributed by atoms with Crippen LogP contribution in [0, 0.1) is 11.8 Å². The van der Waals surface area contributed by atoms with Crippen molar-refractivity contribution in [1.82, 2.24) is 24.1 Å². The normalized spacial score (nSPS) is 13.6. The van der Waals surface area contributed by atoms with Crippen molar-refractivity contribution in [3.63, 3.8) is 0 Å². The van der Waals surface area contributed by atoms with Crippen LogP contribution in [0.15, 0.2) is 146 Å². The summed E-state index contributed by atoms with van der Waals surface area (Å²) in [7, 11) is 0. The molecule has 3 aromatic heterocycles. The van der Waals surface area contributed by atoms with Gasteiger partial charge in [-0.2, -0.15) is 15.0 Å². The summed E-state index contributed by atoms with van der Waals surface area (Å²) in [6.07, 6.45) is 13.2. The van der Waals surface area contributed by atoms with Gasteiger partial charge in [0.15, 0.2) is 5.82 Å². The third-order valence-corrected chi connectivity index (χ3v) is 10.0. The summed E-state index contributed by atoms with van der Waals surface area (Å²) >= 11 is 0. The average molecular weight is 654 g/mol. The van der Waals surface area contributed by atoms with Crippen LogP contribution in [0.5, 0.6) is 0 Å². The largest absolute Gasteiger partial charge is 0.282 e. The van der Waals surface area contributed by atoms with Gasteiger partial charge < -0.3 is 0 Å². The average Bonchev–Trinajstić information content (AvgIpc) is 3.56. The van der Waals surface area contributed by atoms with Crippen LogP contribution < -0.4 is 0 Å². The molecule has 5 aromatic carbocycles. The van der Waals surface area contributed by atoms with Crippen LogP contribution in [-0.2, 0) is 6.42 Å². The second-order valence-electron chi connectivity index (χ2n) is 12.9. The fourth-order valence-electron chi connectivity index (χ4n) is 7.79. The summed E-state index contributed by atoms with van der Waals surface area (Å²) in [5.74, 6) is 8.16. The summed E-state index contributed by atoms with van der Waals surface area (Å²) in [6, 6.07) is 42.6. The molecule has 5 nitrogen and oxygen atoms in total. The van der Waals surface area contributed by atoms with Gasteiger partial charge in [-0.25, -0.2) is 0 Å². The summed E-state index contributed by atoms with van der Waals surface area (Å²) in [4.78, 5) is 16.3. The zero-order valence-electron chi connectivity index (χ0n) is 27.8. The Morgan fingerprint density at radius 1 is 0.549 bits per heavy atom. The lowest BCUT2D eigenvalue weighted by Gasteiger charge is -2.19. The van der Waals surface area contributed by atoms with Gasteiger partial charge in [0.05, 0.1) is 16.6 Å². The van der Waals surface area contributed by atoms with Crippen LogP contribution in [0.3, 0.4) is 0 Å². The summed E-state index contributed by atoms with van der Waals surface area (Å²) in [5, 5.41) is 3.51. The van der Waals surface area contributed by atoms with E-state index in [2.05, 4.69) is 161 Å². The molecule has 0 unspecified atom stereocenters. The van der Waals surface area contributed by atoms with Crippen molar-refractivity contribution in [3.8, 4) is 46.3 Å². The zero-order valence-corrected chi connectivity index (χ0v) is 27.8. The number of rotatable bonds is 5. The minimum atomic E-state index is 0.577. The van der Waals surface area contributed by atoms with Crippen molar-refractivity contribution in [2.45, 2.75) is 19.3 Å². The van der Waals surface area contributed by atoms with E-state index in [0.29, 0.717) is 17.7 Å². The van der Waals surface area contributed by atoms with Gasteiger partial charge in [0.2, 0.25) is 11.9 Å². The highest BCUT2D eigenvalue weighted by molar-refractivity contribution is 6.09. The number of fused-ring (bicyclic) bond motifs is 6. The molecule has 8 aromatic rings. The molecule has 0 aliphatic heterocycles. The van der Waals surface area contributed by atoms with E-state index in [1.54, 1.807) is 0 Å². The number of hydrogen-bond donors (Lipinski definition) is 0. The van der Waals surface area contributed by atoms with Crippen molar-refractivity contribution in [3.05, 3.63) is 162 Å². The molecule has 3 heterocycles. The zero-order chi connectivity index (χ0) is 33.7. The molecule has 0 saturated heterocycles. The smallest absolute Gasteiger partial charge is 0.240 e. The van der Waals surface area contributed by atoms with Gasteiger partial charge in [0.25, 0.3) is 0 Å². The van der Waals surface area contributed by atoms with Crippen LogP contribution in [0.4, 0.5) is 0 Å². The SMILES string of the molecule is C1#CC=C(c2cccc(-c3ccccc3)c2-c2nc(-n3c4c(c5ccccc53)C=CCC4)nc(-n3c4ccccc4c4ccccc43)n2)CC=C1. The molecule has 0 fully saturated rings. The van der Waals surface area contributed by atoms with Gasteiger partial charge in [0, 0.05) is 33.0 Å². The molecule has 51 heavy (non-hydrogen) atoms. The summed E-state index contributed by atoms with van der Waals surface area (Å²) in [6.45, 7) is 0. The van der Waals surface area contributed by atoms with Crippen LogP contribution in [0.25, 0.3) is 78.8 Å². The molecule has 2 aliphatic carbocycles. The standard InChI is InChI=1S/C46H31N5/c1-2-5-18-31(17-4-1)33-25-16-26-34(32-19-6-3-7-20-32)43(33)44-47-45(50-39-27-12-8-21-35(39)36-22-9-13-28-40(36)50)49-46(48-44)51-41-29-14-10-23-37(41)38-24-11-15-30-42(38)51/h1,3-4,6-14,16,18-29H,15,17,30H2. The summed E-state index contributed by atoms with van der Waals surface area (Å²) in [5.41, 5.74) is 10.9. The predicted molar refractivity (Wildman–Crippen MR) is 209 cm³/mol. The molecule has 0 saturated carbocycles. The van der Waals surface area contributed by atoms with Gasteiger partial charge in [-0.15, -0.1) is 0 Å². The molecule has 0 amide bonds. The second kappa shape index (κ2) is 12.0. The van der Waals surface area contributed by atoms with E-state index >= 15 is 0 Å². The number of benzene rings is 5. The Balaban J connectivity index is 1.34. The third-order valence-electron chi connectivity index (χ3n) is 10.0. The van der Waals surface area contributed by atoms with E-state index < -0.39 is 0 Å². The fraction of sp³-hybridized carbons (Fsp3) is 0.0652. The Morgan fingerprint density at radius 3 is 1.96 bits per heavy atom. The molecule has 0 N–H and O–H groups in total. The Labute approximate surface area is 295 Å². The highest BCUT2D eigenvalue weighted by atomic mass is 15.3. The van der Waals surface area contributed by atoms with E-state index in [1.165, 1.54) is 16.6 Å². The van der Waals surface area contributed by atoms with Crippen LogP contribution in [-0.4, -0.2) is 24.1 Å². The maximum atomic E-state index is 5.46. The first-order valence-corrected chi connectivity index (χ1v) is 17.4. The number of para-hydroxylation sites is 3. The van der Waals surface area contributed by atoms with E-state index in [4.69, 9.17) is 15.0 Å². The highest BCUT2D eigenvalue weighted by Gasteiger charge is 2.25. The van der Waals surface area contributed by atoms with Gasteiger partial charge in [-0.05, 0) is 71.9 Å². The first kappa shape index (κ1) is 29.2. The van der Waals surface area contributed by atoms with E-state index in [9.17, 15) is 0 Å². The number of nitrogens with zero attached hydrogens (tertiary/aromatic N) is 5. The van der Waals surface area contributed by atoms with E-state index in [-0.39, 0.29) is 0 Å². The van der Waals surface area contributed by atoms with Crippen molar-refractivity contribution >= 4 is 44.4 Å². The van der Waals surface area contributed by atoms with Gasteiger partial charge >= 0.3 is 0 Å². The molecule has 0 spiro atoms. The lowest BCUT2D eigenvalue weighted by atomic mass is 9.90. The highest BCUT2D eigenvalue weighted by Crippen LogP contribution is 2.40. The monoisotopic (exact) mass is 653 g/mol. The van der Waals surface area contributed by atoms with Gasteiger partial charge in [0.1, 0.15) is 0 Å². The Morgan fingerprint density at radius 2 is 1.20 bits per heavy atom. The second-order valence-corrected chi connectivity index (χ2v) is 12.9. The predicted octanol–water partition coefficient (Wildman–Crippen LogP) is 10.6. The number of aromatic nitrogens is 5. The number of hydrogen-bond acceptors (Lipinski definition) is 3. The minimum Gasteiger partial charge on any atom is -0.282 e. The van der Waals surface area contributed by atoms with Gasteiger partial charge in [-0.1, -0.05) is 133 Å². The van der Waals surface area contributed by atoms with Crippen LogP contribution in [0.2, 0.25) is 0 Å². The Kier molecular flexibility index (Phi) is 6.85. The Bertz CT molecular complexity index is 2780. The molecule has 0 radical (unpaired) electrons. The first-order chi connectivity index (χ1) is 25.3. The van der Waals surface area contributed by atoms with Crippen molar-refractivity contribution in [1.29, 1.82) is 0 Å². The lowest BCUT2D eigenvalue weighted by Crippen LogP contribution is -2.13. The molecule has 5 heteroatoms. The van der Waals surface area contributed by atoms with Crippen molar-refractivity contribution < 1.29 is 0 Å². The number of allylic oxidation sites excluding steroid dienone is 5. The molecule has 10 rings (SSSR count). The maximum absolute atomic E-state index is 5.46. The molecule has 2 aliphatic rings. The minimum absolute atomic E-state index is 0.577. The van der Waals surface area contributed by atoms with E-state index in [0.717, 1.165) is 74.4 Å². The molecular weight excluding hydrogens is 623 g/mol. The van der Waals surface area contributed by atoms with Crippen LogP contribution >= 0.6 is 0 Å². The van der Waals surface area contributed by atoms with Crippen molar-refractivity contribution in [2.75, 3.05) is 0 Å².